The predicted octanol–water partition coefficient (Wildman–Crippen LogP) is 2.81. The predicted molar refractivity (Wildman–Crippen MR) is 44.3 cm³/mol. The number of hydrogen-bond donors (Lipinski definition) is 1. The fraction of sp³-hybridized carbons (Fsp3) is 0.333. The Morgan fingerprint density at radius 1 is 1.20 bits per heavy atom. The Balaban J connectivity index is 3.17. The summed E-state index contributed by atoms with van der Waals surface area (Å²) in [5.41, 5.74) is 3.80. The van der Waals surface area contributed by atoms with Crippen LogP contribution in [0.1, 0.15) is 17.2 Å². The molecule has 1 rings (SSSR count). The normalized spacial score (nSPS) is 14.0. The number of nitrogens with two attached hydrogens (primary N) is 1. The maximum atomic E-state index is 12.8. The summed E-state index contributed by atoms with van der Waals surface area (Å²) in [4.78, 5) is 0. The molecule has 0 radical (unpaired) electrons. The van der Waals surface area contributed by atoms with E-state index >= 15 is 0 Å². The first kappa shape index (κ1) is 11.9. The standard InChI is InChI=1S/C9H8F5N/c10-4-8(15)5-1-6(9(12,13)14)3-7(11)2-5/h1-3,8H,4,15H2/t8-/m0/s1. The molecule has 0 bridgehead atoms. The van der Waals surface area contributed by atoms with Crippen molar-refractivity contribution >= 4 is 0 Å². The Morgan fingerprint density at radius 2 is 1.80 bits per heavy atom. The Kier molecular flexibility index (Phi) is 3.28. The van der Waals surface area contributed by atoms with Gasteiger partial charge in [-0.2, -0.15) is 13.2 Å². The van der Waals surface area contributed by atoms with E-state index < -0.39 is 30.3 Å². The third-order valence-electron chi connectivity index (χ3n) is 1.84. The van der Waals surface area contributed by atoms with Crippen molar-refractivity contribution in [1.29, 1.82) is 0 Å². The van der Waals surface area contributed by atoms with Gasteiger partial charge in [-0.1, -0.05) is 0 Å². The number of hydrogen-bond acceptors (Lipinski definition) is 1. The third-order valence-corrected chi connectivity index (χ3v) is 1.84. The molecule has 0 aliphatic heterocycles. The number of benzene rings is 1. The van der Waals surface area contributed by atoms with Gasteiger partial charge in [-0.15, -0.1) is 0 Å². The van der Waals surface area contributed by atoms with Crippen molar-refractivity contribution in [3.63, 3.8) is 0 Å². The van der Waals surface area contributed by atoms with E-state index in [1.165, 1.54) is 0 Å². The molecule has 0 unspecified atom stereocenters. The van der Waals surface area contributed by atoms with Crippen molar-refractivity contribution in [1.82, 2.24) is 0 Å². The van der Waals surface area contributed by atoms with Gasteiger partial charge in [-0.05, 0) is 23.8 Å². The first-order chi connectivity index (χ1) is 6.84. The van der Waals surface area contributed by atoms with E-state index in [0.717, 1.165) is 6.07 Å². The first-order valence-electron chi connectivity index (χ1n) is 4.04. The lowest BCUT2D eigenvalue weighted by molar-refractivity contribution is -0.137. The SMILES string of the molecule is N[C@@H](CF)c1cc(F)cc(C(F)(F)F)c1. The van der Waals surface area contributed by atoms with Crippen LogP contribution in [-0.4, -0.2) is 6.67 Å². The van der Waals surface area contributed by atoms with Gasteiger partial charge in [0.1, 0.15) is 12.5 Å². The summed E-state index contributed by atoms with van der Waals surface area (Å²) >= 11 is 0. The highest BCUT2D eigenvalue weighted by molar-refractivity contribution is 5.28. The van der Waals surface area contributed by atoms with Gasteiger partial charge in [-0.25, -0.2) is 8.78 Å². The molecule has 0 aromatic heterocycles. The third kappa shape index (κ3) is 2.89. The minimum Gasteiger partial charge on any atom is -0.322 e. The van der Waals surface area contributed by atoms with Crippen LogP contribution >= 0.6 is 0 Å². The molecule has 0 fully saturated rings. The second-order valence-corrected chi connectivity index (χ2v) is 3.03. The van der Waals surface area contributed by atoms with Crippen molar-refractivity contribution in [2.24, 2.45) is 5.73 Å². The van der Waals surface area contributed by atoms with Crippen molar-refractivity contribution in [2.45, 2.75) is 12.2 Å². The van der Waals surface area contributed by atoms with E-state index in [9.17, 15) is 22.0 Å². The molecular weight excluding hydrogens is 217 g/mol. The molecule has 15 heavy (non-hydrogen) atoms. The molecule has 0 aliphatic carbocycles. The second kappa shape index (κ2) is 4.14. The van der Waals surface area contributed by atoms with E-state index in [0.29, 0.717) is 12.1 Å². The molecule has 1 aromatic rings. The van der Waals surface area contributed by atoms with Crippen molar-refractivity contribution in [2.75, 3.05) is 6.67 Å². The van der Waals surface area contributed by atoms with Gasteiger partial charge >= 0.3 is 6.18 Å². The minimum atomic E-state index is -4.66. The molecular formula is C9H8F5N. The lowest BCUT2D eigenvalue weighted by Crippen LogP contribution is -2.14. The highest BCUT2D eigenvalue weighted by Crippen LogP contribution is 2.31. The van der Waals surface area contributed by atoms with E-state index in [4.69, 9.17) is 5.73 Å². The second-order valence-electron chi connectivity index (χ2n) is 3.03. The van der Waals surface area contributed by atoms with Gasteiger partial charge in [-0.3, -0.25) is 0 Å². The van der Waals surface area contributed by atoms with Gasteiger partial charge in [0.05, 0.1) is 11.6 Å². The van der Waals surface area contributed by atoms with Crippen molar-refractivity contribution < 1.29 is 22.0 Å². The van der Waals surface area contributed by atoms with Gasteiger partial charge < -0.3 is 5.73 Å². The van der Waals surface area contributed by atoms with Crippen LogP contribution in [0, 0.1) is 5.82 Å². The largest absolute Gasteiger partial charge is 0.416 e. The first-order valence-corrected chi connectivity index (χ1v) is 4.04. The Morgan fingerprint density at radius 3 is 2.27 bits per heavy atom. The number of alkyl halides is 4. The molecule has 0 saturated carbocycles. The zero-order valence-corrected chi connectivity index (χ0v) is 7.48. The summed E-state index contributed by atoms with van der Waals surface area (Å²) in [7, 11) is 0. The number of rotatable bonds is 2. The molecule has 84 valence electrons. The van der Waals surface area contributed by atoms with Crippen LogP contribution in [0.25, 0.3) is 0 Å². The average Bonchev–Trinajstić information content (AvgIpc) is 2.14. The summed E-state index contributed by atoms with van der Waals surface area (Å²) in [6.45, 7) is -1.04. The summed E-state index contributed by atoms with van der Waals surface area (Å²) < 4.78 is 61.5. The number of halogens is 5. The lowest BCUT2D eigenvalue weighted by atomic mass is 10.0. The topological polar surface area (TPSA) is 26.0 Å². The van der Waals surface area contributed by atoms with Crippen LogP contribution in [0.15, 0.2) is 18.2 Å². The lowest BCUT2D eigenvalue weighted by Gasteiger charge is -2.12. The minimum absolute atomic E-state index is 0.204. The highest BCUT2D eigenvalue weighted by atomic mass is 19.4. The van der Waals surface area contributed by atoms with Gasteiger partial charge in [0.25, 0.3) is 0 Å². The molecule has 2 N–H and O–H groups in total. The highest BCUT2D eigenvalue weighted by Gasteiger charge is 2.31. The van der Waals surface area contributed by atoms with Crippen LogP contribution in [0.2, 0.25) is 0 Å². The average molecular weight is 225 g/mol. The molecule has 0 heterocycles. The zero-order valence-electron chi connectivity index (χ0n) is 7.48. The van der Waals surface area contributed by atoms with Crippen LogP contribution in [0.3, 0.4) is 0 Å². The van der Waals surface area contributed by atoms with E-state index in [2.05, 4.69) is 0 Å². The summed E-state index contributed by atoms with van der Waals surface area (Å²) in [5, 5.41) is 0. The fourth-order valence-corrected chi connectivity index (χ4v) is 1.08. The molecule has 6 heteroatoms. The Hall–Kier alpha value is -1.17. The van der Waals surface area contributed by atoms with Crippen LogP contribution in [0.5, 0.6) is 0 Å². The summed E-state index contributed by atoms with van der Waals surface area (Å²) in [6, 6.07) is 0.545. The van der Waals surface area contributed by atoms with Crippen LogP contribution in [-0.2, 0) is 6.18 Å². The maximum Gasteiger partial charge on any atom is 0.416 e. The van der Waals surface area contributed by atoms with E-state index in [1.807, 2.05) is 0 Å². The molecule has 0 amide bonds. The van der Waals surface area contributed by atoms with Crippen LogP contribution < -0.4 is 5.73 Å². The molecule has 1 nitrogen and oxygen atoms in total. The summed E-state index contributed by atoms with van der Waals surface area (Å²) in [5.74, 6) is -1.08. The van der Waals surface area contributed by atoms with Gasteiger partial charge in [0.2, 0.25) is 0 Å². The van der Waals surface area contributed by atoms with Gasteiger partial charge in [0.15, 0.2) is 0 Å². The fourth-order valence-electron chi connectivity index (χ4n) is 1.08. The molecule has 0 saturated heterocycles. The van der Waals surface area contributed by atoms with Gasteiger partial charge in [0, 0.05) is 0 Å². The molecule has 0 spiro atoms. The Labute approximate surface area is 82.7 Å². The van der Waals surface area contributed by atoms with Crippen molar-refractivity contribution in [3.8, 4) is 0 Å². The zero-order chi connectivity index (χ0) is 11.6. The van der Waals surface area contributed by atoms with E-state index in [-0.39, 0.29) is 5.56 Å². The monoisotopic (exact) mass is 225 g/mol. The maximum absolute atomic E-state index is 12.8. The van der Waals surface area contributed by atoms with E-state index in [1.54, 1.807) is 0 Å². The Bertz CT molecular complexity index is 347. The van der Waals surface area contributed by atoms with Crippen molar-refractivity contribution in [3.05, 3.63) is 35.1 Å². The van der Waals surface area contributed by atoms with Crippen LogP contribution in [0.4, 0.5) is 22.0 Å². The molecule has 1 aromatic carbocycles. The molecule has 0 aliphatic rings. The smallest absolute Gasteiger partial charge is 0.322 e. The molecule has 1 atom stereocenters. The quantitative estimate of drug-likeness (QED) is 0.769. The summed E-state index contributed by atoms with van der Waals surface area (Å²) in [6.07, 6.45) is -4.66.